The number of sulfonamides is 1. The molecule has 6 nitrogen and oxygen atoms in total. The second kappa shape index (κ2) is 6.49. The van der Waals surface area contributed by atoms with Gasteiger partial charge in [-0.3, -0.25) is 0 Å². The Morgan fingerprint density at radius 3 is 2.63 bits per heavy atom. The zero-order valence-electron chi connectivity index (χ0n) is 11.4. The van der Waals surface area contributed by atoms with Gasteiger partial charge in [0.05, 0.1) is 24.6 Å². The van der Waals surface area contributed by atoms with Gasteiger partial charge in [-0.1, -0.05) is 0 Å². The summed E-state index contributed by atoms with van der Waals surface area (Å²) in [5.41, 5.74) is 0. The second-order valence-corrected chi connectivity index (χ2v) is 7.55. The maximum absolute atomic E-state index is 12.4. The van der Waals surface area contributed by atoms with Crippen LogP contribution in [-0.4, -0.2) is 68.6 Å². The first kappa shape index (κ1) is 15.2. The number of ether oxygens (including phenoxy) is 1. The number of hydrogen-bond donors (Lipinski definition) is 2. The molecular weight excluding hydrogens is 268 g/mol. The zero-order valence-corrected chi connectivity index (χ0v) is 12.2. The summed E-state index contributed by atoms with van der Waals surface area (Å²) in [6.45, 7) is 4.18. The number of nitrogens with one attached hydrogen (secondary N) is 1. The third-order valence-electron chi connectivity index (χ3n) is 3.79. The topological polar surface area (TPSA) is 78.9 Å². The van der Waals surface area contributed by atoms with Crippen LogP contribution in [0.3, 0.4) is 0 Å². The number of morpholine rings is 1. The molecule has 7 heteroatoms. The molecule has 2 saturated heterocycles. The molecular formula is C12H24N2O4S. The average molecular weight is 292 g/mol. The molecule has 0 aromatic rings. The Labute approximate surface area is 115 Å². The van der Waals surface area contributed by atoms with Crippen LogP contribution in [0.5, 0.6) is 0 Å². The van der Waals surface area contributed by atoms with Crippen LogP contribution < -0.4 is 5.32 Å². The van der Waals surface area contributed by atoms with Gasteiger partial charge in [0.25, 0.3) is 0 Å². The van der Waals surface area contributed by atoms with E-state index in [-0.39, 0.29) is 30.9 Å². The molecule has 2 fully saturated rings. The van der Waals surface area contributed by atoms with Crippen LogP contribution in [0.2, 0.25) is 0 Å². The predicted octanol–water partition coefficient (Wildman–Crippen LogP) is -0.603. The third-order valence-corrected chi connectivity index (χ3v) is 5.77. The summed E-state index contributed by atoms with van der Waals surface area (Å²) in [5.74, 6) is 0.469. The fraction of sp³-hybridized carbons (Fsp3) is 1.00. The standard InChI is InChI=1S/C12H24N2O4S/c1-10-6-14(7-12(8-15)18-10)19(16,17)9-11-2-4-13-5-3-11/h10-13,15H,2-9H2,1H3. The average Bonchev–Trinajstić information content (AvgIpc) is 2.38. The molecule has 0 aliphatic carbocycles. The molecule has 0 bridgehead atoms. The van der Waals surface area contributed by atoms with E-state index in [0.717, 1.165) is 25.9 Å². The van der Waals surface area contributed by atoms with Crippen LogP contribution in [0.25, 0.3) is 0 Å². The third kappa shape index (κ3) is 4.13. The van der Waals surface area contributed by atoms with Crippen molar-refractivity contribution in [3.05, 3.63) is 0 Å². The number of aliphatic hydroxyl groups excluding tert-OH is 1. The van der Waals surface area contributed by atoms with Crippen molar-refractivity contribution in [1.29, 1.82) is 0 Å². The van der Waals surface area contributed by atoms with Crippen molar-refractivity contribution in [3.8, 4) is 0 Å². The molecule has 2 N–H and O–H groups in total. The number of nitrogens with zero attached hydrogens (tertiary/aromatic N) is 1. The molecule has 2 heterocycles. The van der Waals surface area contributed by atoms with Gasteiger partial charge in [0.1, 0.15) is 0 Å². The highest BCUT2D eigenvalue weighted by Gasteiger charge is 2.34. The highest BCUT2D eigenvalue weighted by atomic mass is 32.2. The van der Waals surface area contributed by atoms with Crippen LogP contribution in [0.4, 0.5) is 0 Å². The second-order valence-electron chi connectivity index (χ2n) is 5.54. The molecule has 2 unspecified atom stereocenters. The van der Waals surface area contributed by atoms with Gasteiger partial charge in [-0.25, -0.2) is 8.42 Å². The first-order valence-corrected chi connectivity index (χ1v) is 8.57. The van der Waals surface area contributed by atoms with E-state index in [1.807, 2.05) is 6.92 Å². The first-order valence-electron chi connectivity index (χ1n) is 6.96. The van der Waals surface area contributed by atoms with E-state index in [9.17, 15) is 8.42 Å². The Morgan fingerprint density at radius 1 is 1.32 bits per heavy atom. The summed E-state index contributed by atoms with van der Waals surface area (Å²) in [5, 5.41) is 12.4. The van der Waals surface area contributed by atoms with E-state index in [1.165, 1.54) is 4.31 Å². The van der Waals surface area contributed by atoms with Crippen LogP contribution in [-0.2, 0) is 14.8 Å². The number of rotatable bonds is 4. The smallest absolute Gasteiger partial charge is 0.214 e. The van der Waals surface area contributed by atoms with Crippen molar-refractivity contribution < 1.29 is 18.3 Å². The van der Waals surface area contributed by atoms with Crippen molar-refractivity contribution in [2.45, 2.75) is 32.0 Å². The van der Waals surface area contributed by atoms with Gasteiger partial charge < -0.3 is 15.2 Å². The summed E-state index contributed by atoms with van der Waals surface area (Å²) < 4.78 is 31.8. The van der Waals surface area contributed by atoms with E-state index in [4.69, 9.17) is 9.84 Å². The van der Waals surface area contributed by atoms with E-state index < -0.39 is 16.1 Å². The van der Waals surface area contributed by atoms with Gasteiger partial charge >= 0.3 is 0 Å². The minimum atomic E-state index is -3.24. The predicted molar refractivity (Wildman–Crippen MR) is 72.4 cm³/mol. The molecule has 2 aliphatic heterocycles. The summed E-state index contributed by atoms with van der Waals surface area (Å²) in [6.07, 6.45) is 1.28. The van der Waals surface area contributed by atoms with E-state index >= 15 is 0 Å². The Hall–Kier alpha value is -0.210. The van der Waals surface area contributed by atoms with Crippen molar-refractivity contribution in [3.63, 3.8) is 0 Å². The van der Waals surface area contributed by atoms with Gasteiger partial charge in [0.15, 0.2) is 0 Å². The summed E-state index contributed by atoms with van der Waals surface area (Å²) in [4.78, 5) is 0. The van der Waals surface area contributed by atoms with Gasteiger partial charge in [0.2, 0.25) is 10.0 Å². The Balaban J connectivity index is 1.97. The minimum Gasteiger partial charge on any atom is -0.394 e. The lowest BCUT2D eigenvalue weighted by Crippen LogP contribution is -2.51. The van der Waals surface area contributed by atoms with Crippen molar-refractivity contribution >= 4 is 10.0 Å². The van der Waals surface area contributed by atoms with Gasteiger partial charge in [-0.05, 0) is 38.8 Å². The largest absolute Gasteiger partial charge is 0.394 e. The SMILES string of the molecule is CC1CN(S(=O)(=O)CC2CCNCC2)CC(CO)O1. The molecule has 0 radical (unpaired) electrons. The molecule has 0 aromatic heterocycles. The van der Waals surface area contributed by atoms with Crippen LogP contribution in [0, 0.1) is 5.92 Å². The summed E-state index contributed by atoms with van der Waals surface area (Å²) in [6, 6.07) is 0. The Morgan fingerprint density at radius 2 is 2.00 bits per heavy atom. The fourth-order valence-corrected chi connectivity index (χ4v) is 4.75. The molecule has 0 spiro atoms. The Kier molecular flexibility index (Phi) is 5.19. The summed E-state index contributed by atoms with van der Waals surface area (Å²) >= 11 is 0. The lowest BCUT2D eigenvalue weighted by Gasteiger charge is -2.36. The zero-order chi connectivity index (χ0) is 13.9. The van der Waals surface area contributed by atoms with Crippen molar-refractivity contribution in [2.75, 3.05) is 38.5 Å². The minimum absolute atomic E-state index is 0.135. The van der Waals surface area contributed by atoms with Gasteiger partial charge in [0, 0.05) is 13.1 Å². The molecule has 19 heavy (non-hydrogen) atoms. The van der Waals surface area contributed by atoms with E-state index in [2.05, 4.69) is 5.32 Å². The molecule has 112 valence electrons. The lowest BCUT2D eigenvalue weighted by atomic mass is 10.0. The van der Waals surface area contributed by atoms with Crippen LogP contribution >= 0.6 is 0 Å². The monoisotopic (exact) mass is 292 g/mol. The lowest BCUT2D eigenvalue weighted by molar-refractivity contribution is -0.0751. The quantitative estimate of drug-likeness (QED) is 0.723. The number of piperidine rings is 1. The van der Waals surface area contributed by atoms with Gasteiger partial charge in [-0.15, -0.1) is 0 Å². The summed E-state index contributed by atoms with van der Waals surface area (Å²) in [7, 11) is -3.24. The van der Waals surface area contributed by atoms with Crippen molar-refractivity contribution in [1.82, 2.24) is 9.62 Å². The first-order chi connectivity index (χ1) is 9.01. The van der Waals surface area contributed by atoms with Crippen LogP contribution in [0.1, 0.15) is 19.8 Å². The normalized spacial score (nSPS) is 31.5. The maximum Gasteiger partial charge on any atom is 0.214 e. The molecule has 2 rings (SSSR count). The van der Waals surface area contributed by atoms with E-state index in [1.54, 1.807) is 0 Å². The number of hydrogen-bond acceptors (Lipinski definition) is 5. The number of aliphatic hydroxyl groups is 1. The highest BCUT2D eigenvalue weighted by Crippen LogP contribution is 2.20. The van der Waals surface area contributed by atoms with Gasteiger partial charge in [-0.2, -0.15) is 4.31 Å². The molecule has 0 aromatic carbocycles. The van der Waals surface area contributed by atoms with Crippen LogP contribution in [0.15, 0.2) is 0 Å². The highest BCUT2D eigenvalue weighted by molar-refractivity contribution is 7.89. The van der Waals surface area contributed by atoms with Crippen molar-refractivity contribution in [2.24, 2.45) is 5.92 Å². The maximum atomic E-state index is 12.4. The molecule has 2 aliphatic rings. The fourth-order valence-electron chi connectivity index (χ4n) is 2.78. The van der Waals surface area contributed by atoms with E-state index in [0.29, 0.717) is 6.54 Å². The Bertz CT molecular complexity index is 381. The molecule has 2 atom stereocenters. The molecule has 0 saturated carbocycles. The molecule has 0 amide bonds.